The van der Waals surface area contributed by atoms with E-state index in [1.807, 2.05) is 4.90 Å². The predicted octanol–water partition coefficient (Wildman–Crippen LogP) is -0.302. The first-order valence-corrected chi connectivity index (χ1v) is 11.7. The Morgan fingerprint density at radius 2 is 1.52 bits per heavy atom. The number of sulfone groups is 1. The first kappa shape index (κ1) is 18.9. The molecule has 4 fully saturated rings. The number of fused-ring (bicyclic) bond motifs is 1. The second-order valence-electron chi connectivity index (χ2n) is 8.29. The summed E-state index contributed by atoms with van der Waals surface area (Å²) in [5.41, 5.74) is 0. The summed E-state index contributed by atoms with van der Waals surface area (Å²) in [6.45, 7) is 2.52. The minimum absolute atomic E-state index is 0.0284. The van der Waals surface area contributed by atoms with E-state index < -0.39 is 15.8 Å². The Morgan fingerprint density at radius 3 is 2.04 bits per heavy atom. The zero-order valence-corrected chi connectivity index (χ0v) is 16.3. The molecule has 4 aliphatic rings. The largest absolute Gasteiger partial charge is 0.340 e. The lowest BCUT2D eigenvalue weighted by molar-refractivity contribution is -0.145. The van der Waals surface area contributed by atoms with Gasteiger partial charge in [-0.1, -0.05) is 12.8 Å². The van der Waals surface area contributed by atoms with Gasteiger partial charge in [0, 0.05) is 26.2 Å². The van der Waals surface area contributed by atoms with Crippen molar-refractivity contribution in [1.82, 2.24) is 14.7 Å². The summed E-state index contributed by atoms with van der Waals surface area (Å²) < 4.78 is 23.2. The lowest BCUT2D eigenvalue weighted by Crippen LogP contribution is -2.53. The van der Waals surface area contributed by atoms with Gasteiger partial charge in [-0.2, -0.15) is 0 Å². The van der Waals surface area contributed by atoms with Crippen molar-refractivity contribution in [2.45, 2.75) is 32.1 Å². The first-order valence-electron chi connectivity index (χ1n) is 9.92. The Morgan fingerprint density at radius 1 is 0.926 bits per heavy atom. The molecule has 0 radical (unpaired) electrons. The number of rotatable bonds is 3. The van der Waals surface area contributed by atoms with Crippen molar-refractivity contribution in [3.8, 4) is 0 Å². The lowest BCUT2D eigenvalue weighted by Gasteiger charge is -2.37. The van der Waals surface area contributed by atoms with Crippen molar-refractivity contribution in [3.05, 3.63) is 0 Å². The van der Waals surface area contributed by atoms with Crippen molar-refractivity contribution >= 4 is 27.6 Å². The zero-order valence-electron chi connectivity index (χ0n) is 15.5. The van der Waals surface area contributed by atoms with Crippen LogP contribution >= 0.6 is 0 Å². The third-order valence-electron chi connectivity index (χ3n) is 6.54. The molecular weight excluding hydrogens is 370 g/mol. The van der Waals surface area contributed by atoms with Crippen LogP contribution in [-0.2, 0) is 24.2 Å². The van der Waals surface area contributed by atoms with Crippen molar-refractivity contribution in [1.29, 1.82) is 0 Å². The molecule has 150 valence electrons. The fraction of sp³-hybridized carbons (Fsp3) is 0.833. The van der Waals surface area contributed by atoms with Gasteiger partial charge in [-0.25, -0.2) is 8.42 Å². The van der Waals surface area contributed by atoms with E-state index in [4.69, 9.17) is 0 Å². The summed E-state index contributed by atoms with van der Waals surface area (Å²) in [7, 11) is -3.07. The molecule has 8 nitrogen and oxygen atoms in total. The molecule has 3 amide bonds. The fourth-order valence-corrected chi connectivity index (χ4v) is 6.66. The molecule has 0 spiro atoms. The number of nitrogens with zero attached hydrogens (tertiary/aromatic N) is 3. The van der Waals surface area contributed by atoms with E-state index in [1.54, 1.807) is 4.90 Å². The summed E-state index contributed by atoms with van der Waals surface area (Å²) in [4.78, 5) is 42.9. The third kappa shape index (κ3) is 3.63. The van der Waals surface area contributed by atoms with Gasteiger partial charge in [-0.05, 0) is 19.3 Å². The molecule has 1 saturated carbocycles. The summed E-state index contributed by atoms with van der Waals surface area (Å²) in [5.74, 6) is -0.728. The van der Waals surface area contributed by atoms with Gasteiger partial charge in [0.1, 0.15) is 0 Å². The van der Waals surface area contributed by atoms with Crippen LogP contribution in [0.3, 0.4) is 0 Å². The van der Waals surface area contributed by atoms with Crippen LogP contribution in [0.2, 0.25) is 0 Å². The van der Waals surface area contributed by atoms with Crippen LogP contribution in [0, 0.1) is 17.8 Å². The number of likely N-dealkylation sites (tertiary alicyclic amines) is 1. The summed E-state index contributed by atoms with van der Waals surface area (Å²) in [6, 6.07) is 0. The van der Waals surface area contributed by atoms with E-state index in [0.717, 1.165) is 25.7 Å². The average molecular weight is 397 g/mol. The number of imide groups is 1. The highest BCUT2D eigenvalue weighted by atomic mass is 32.2. The predicted molar refractivity (Wildman–Crippen MR) is 97.1 cm³/mol. The van der Waals surface area contributed by atoms with E-state index in [-0.39, 0.29) is 41.1 Å². The number of carbonyl (C=O) groups excluding carboxylic acids is 3. The summed E-state index contributed by atoms with van der Waals surface area (Å²) >= 11 is 0. The van der Waals surface area contributed by atoms with Crippen LogP contribution < -0.4 is 0 Å². The Balaban J connectivity index is 1.30. The van der Waals surface area contributed by atoms with Gasteiger partial charge < -0.3 is 4.90 Å². The van der Waals surface area contributed by atoms with Crippen molar-refractivity contribution in [2.24, 2.45) is 17.8 Å². The van der Waals surface area contributed by atoms with Crippen LogP contribution in [0.25, 0.3) is 0 Å². The maximum absolute atomic E-state index is 12.6. The quantitative estimate of drug-likeness (QED) is 0.607. The molecule has 27 heavy (non-hydrogen) atoms. The van der Waals surface area contributed by atoms with Gasteiger partial charge in [-0.3, -0.25) is 24.2 Å². The number of hydrogen-bond donors (Lipinski definition) is 0. The minimum Gasteiger partial charge on any atom is -0.340 e. The first-order chi connectivity index (χ1) is 12.9. The molecule has 0 aromatic heterocycles. The van der Waals surface area contributed by atoms with Crippen LogP contribution in [-0.4, -0.2) is 85.2 Å². The van der Waals surface area contributed by atoms with Crippen LogP contribution in [0.4, 0.5) is 0 Å². The van der Waals surface area contributed by atoms with E-state index in [1.165, 1.54) is 4.90 Å². The van der Waals surface area contributed by atoms with Crippen molar-refractivity contribution < 1.29 is 22.8 Å². The Labute approximate surface area is 159 Å². The number of piperazine rings is 1. The van der Waals surface area contributed by atoms with E-state index in [0.29, 0.717) is 39.3 Å². The standard InChI is InChI=1S/C18H27N3O5S/c22-16(13-5-10-27(25,26)11-13)20-8-6-19(7-9-20)12-21-17(23)14-3-1-2-4-15(14)18(21)24/h13-15H,1-12H2/t13-,14+,15+/m1/s1. The molecule has 4 rings (SSSR count). The molecule has 3 atom stereocenters. The summed E-state index contributed by atoms with van der Waals surface area (Å²) in [5, 5.41) is 0. The highest BCUT2D eigenvalue weighted by molar-refractivity contribution is 7.91. The Bertz CT molecular complexity index is 720. The molecule has 0 aromatic carbocycles. The topological polar surface area (TPSA) is 95.1 Å². The maximum Gasteiger partial charge on any atom is 0.234 e. The molecule has 3 aliphatic heterocycles. The third-order valence-corrected chi connectivity index (χ3v) is 8.31. The molecule has 9 heteroatoms. The van der Waals surface area contributed by atoms with Crippen LogP contribution in [0.1, 0.15) is 32.1 Å². The van der Waals surface area contributed by atoms with Crippen molar-refractivity contribution in [3.63, 3.8) is 0 Å². The van der Waals surface area contributed by atoms with Gasteiger partial charge in [-0.15, -0.1) is 0 Å². The maximum atomic E-state index is 12.6. The van der Waals surface area contributed by atoms with E-state index in [9.17, 15) is 22.8 Å². The van der Waals surface area contributed by atoms with Gasteiger partial charge in [0.15, 0.2) is 9.84 Å². The molecule has 0 unspecified atom stereocenters. The highest BCUT2D eigenvalue weighted by Crippen LogP contribution is 2.38. The Kier molecular flexibility index (Phi) is 5.00. The lowest BCUT2D eigenvalue weighted by atomic mass is 9.81. The molecule has 0 N–H and O–H groups in total. The van der Waals surface area contributed by atoms with Gasteiger partial charge in [0.05, 0.1) is 35.9 Å². The molecular formula is C18H27N3O5S. The SMILES string of the molecule is O=C([C@@H]1CCS(=O)(=O)C1)N1CCN(CN2C(=O)[C@H]3CCCC[C@@H]3C2=O)CC1. The second kappa shape index (κ2) is 7.16. The van der Waals surface area contributed by atoms with E-state index in [2.05, 4.69) is 0 Å². The highest BCUT2D eigenvalue weighted by Gasteiger charge is 2.48. The van der Waals surface area contributed by atoms with Crippen molar-refractivity contribution in [2.75, 3.05) is 44.4 Å². The molecule has 1 aliphatic carbocycles. The molecule has 0 aromatic rings. The number of carbonyl (C=O) groups is 3. The number of amides is 3. The molecule has 3 saturated heterocycles. The van der Waals surface area contributed by atoms with Gasteiger partial charge >= 0.3 is 0 Å². The monoisotopic (exact) mass is 397 g/mol. The van der Waals surface area contributed by atoms with Crippen LogP contribution in [0.15, 0.2) is 0 Å². The molecule has 3 heterocycles. The van der Waals surface area contributed by atoms with Gasteiger partial charge in [0.25, 0.3) is 0 Å². The Hall–Kier alpha value is -1.48. The van der Waals surface area contributed by atoms with Crippen LogP contribution in [0.5, 0.6) is 0 Å². The minimum atomic E-state index is -3.07. The smallest absolute Gasteiger partial charge is 0.234 e. The zero-order chi connectivity index (χ0) is 19.2. The average Bonchev–Trinajstić information content (AvgIpc) is 3.14. The fourth-order valence-electron chi connectivity index (χ4n) is 4.93. The normalized spacial score (nSPS) is 34.1. The summed E-state index contributed by atoms with van der Waals surface area (Å²) in [6.07, 6.45) is 4.09. The van der Waals surface area contributed by atoms with Gasteiger partial charge in [0.2, 0.25) is 17.7 Å². The number of hydrogen-bond acceptors (Lipinski definition) is 6. The molecule has 0 bridgehead atoms. The second-order valence-corrected chi connectivity index (χ2v) is 10.5. The van der Waals surface area contributed by atoms with E-state index >= 15 is 0 Å².